The molecular formula is C24H17ClIN3O3. The van der Waals surface area contributed by atoms with Crippen LogP contribution in [-0.4, -0.2) is 18.4 Å². The molecule has 0 spiro atoms. The highest BCUT2D eigenvalue weighted by atomic mass is 127. The Kier molecular flexibility index (Phi) is 8.25. The summed E-state index contributed by atoms with van der Waals surface area (Å²) in [7, 11) is 0. The predicted octanol–water partition coefficient (Wildman–Crippen LogP) is 5.51. The van der Waals surface area contributed by atoms with Gasteiger partial charge in [-0.15, -0.1) is 0 Å². The van der Waals surface area contributed by atoms with Gasteiger partial charge in [-0.3, -0.25) is 9.59 Å². The number of carbonyl (C=O) groups is 2. The molecule has 2 amide bonds. The van der Waals surface area contributed by atoms with Crippen molar-refractivity contribution in [2.45, 2.75) is 0 Å². The second-order valence-electron chi connectivity index (χ2n) is 6.55. The maximum absolute atomic E-state index is 12.4. The number of benzene rings is 3. The summed E-state index contributed by atoms with van der Waals surface area (Å²) in [4.78, 5) is 24.4. The number of nitrogens with one attached hydrogen (secondary N) is 2. The SMILES string of the molecule is N#C/C(=C\c1ccc(OCC(=O)Nc2ccc(I)cc2)cc1)C(=O)Nc1cccc(Cl)c1. The Morgan fingerprint density at radius 3 is 2.38 bits per heavy atom. The van der Waals surface area contributed by atoms with Gasteiger partial charge in [-0.05, 0) is 88.8 Å². The summed E-state index contributed by atoms with van der Waals surface area (Å²) >= 11 is 8.10. The summed E-state index contributed by atoms with van der Waals surface area (Å²) < 4.78 is 6.57. The molecule has 32 heavy (non-hydrogen) atoms. The number of ether oxygens (including phenoxy) is 1. The van der Waals surface area contributed by atoms with Crippen LogP contribution in [0.15, 0.2) is 78.4 Å². The number of hydrogen-bond acceptors (Lipinski definition) is 4. The van der Waals surface area contributed by atoms with Crippen LogP contribution >= 0.6 is 34.2 Å². The summed E-state index contributed by atoms with van der Waals surface area (Å²) in [6.07, 6.45) is 1.47. The van der Waals surface area contributed by atoms with Crippen molar-refractivity contribution in [1.29, 1.82) is 5.26 Å². The minimum Gasteiger partial charge on any atom is -0.484 e. The Labute approximate surface area is 204 Å². The second kappa shape index (κ2) is 11.3. The maximum atomic E-state index is 12.4. The Hall–Kier alpha value is -3.35. The van der Waals surface area contributed by atoms with Crippen molar-refractivity contribution >= 4 is 63.5 Å². The topological polar surface area (TPSA) is 91.2 Å². The molecule has 0 saturated carbocycles. The summed E-state index contributed by atoms with van der Waals surface area (Å²) in [5.41, 5.74) is 1.77. The molecule has 0 saturated heterocycles. The maximum Gasteiger partial charge on any atom is 0.266 e. The van der Waals surface area contributed by atoms with E-state index in [-0.39, 0.29) is 18.1 Å². The first-order valence-corrected chi connectivity index (χ1v) is 10.9. The number of amides is 2. The molecule has 0 bridgehead atoms. The first-order chi connectivity index (χ1) is 15.4. The van der Waals surface area contributed by atoms with Gasteiger partial charge in [0.25, 0.3) is 11.8 Å². The van der Waals surface area contributed by atoms with Gasteiger partial charge in [-0.1, -0.05) is 29.8 Å². The van der Waals surface area contributed by atoms with Crippen LogP contribution in [0.1, 0.15) is 5.56 Å². The zero-order valence-corrected chi connectivity index (χ0v) is 19.6. The molecule has 6 nitrogen and oxygen atoms in total. The lowest BCUT2D eigenvalue weighted by Crippen LogP contribution is -2.20. The van der Waals surface area contributed by atoms with E-state index in [0.29, 0.717) is 27.7 Å². The number of hydrogen-bond donors (Lipinski definition) is 2. The normalized spacial score (nSPS) is 10.7. The van der Waals surface area contributed by atoms with E-state index >= 15 is 0 Å². The minimum absolute atomic E-state index is 0.0597. The number of anilines is 2. The Bertz CT molecular complexity index is 1190. The lowest BCUT2D eigenvalue weighted by molar-refractivity contribution is -0.118. The average Bonchev–Trinajstić information content (AvgIpc) is 2.78. The van der Waals surface area contributed by atoms with Gasteiger partial charge in [0.05, 0.1) is 0 Å². The highest BCUT2D eigenvalue weighted by Crippen LogP contribution is 2.18. The molecule has 2 N–H and O–H groups in total. The molecule has 0 unspecified atom stereocenters. The van der Waals surface area contributed by atoms with Crippen molar-refractivity contribution in [2.75, 3.05) is 17.2 Å². The fourth-order valence-corrected chi connectivity index (χ4v) is 3.17. The van der Waals surface area contributed by atoms with E-state index in [9.17, 15) is 14.9 Å². The Morgan fingerprint density at radius 2 is 1.72 bits per heavy atom. The molecule has 0 aromatic heterocycles. The number of nitrogens with zero attached hydrogens (tertiary/aromatic N) is 1. The number of carbonyl (C=O) groups excluding carboxylic acids is 2. The van der Waals surface area contributed by atoms with Gasteiger partial charge in [0.2, 0.25) is 0 Å². The first kappa shape index (κ1) is 23.3. The van der Waals surface area contributed by atoms with Gasteiger partial charge in [0.15, 0.2) is 6.61 Å². The van der Waals surface area contributed by atoms with Gasteiger partial charge in [-0.25, -0.2) is 0 Å². The zero-order chi connectivity index (χ0) is 22.9. The molecule has 8 heteroatoms. The van der Waals surface area contributed by atoms with E-state index in [1.165, 1.54) is 6.08 Å². The van der Waals surface area contributed by atoms with Gasteiger partial charge in [-0.2, -0.15) is 5.26 Å². The van der Waals surface area contributed by atoms with Crippen LogP contribution in [0.3, 0.4) is 0 Å². The van der Waals surface area contributed by atoms with Crippen molar-refractivity contribution in [1.82, 2.24) is 0 Å². The molecule has 0 aliphatic carbocycles. The van der Waals surface area contributed by atoms with Gasteiger partial charge < -0.3 is 15.4 Å². The third kappa shape index (κ3) is 7.11. The fraction of sp³-hybridized carbons (Fsp3) is 0.0417. The lowest BCUT2D eigenvalue weighted by Gasteiger charge is -2.08. The van der Waals surface area contributed by atoms with E-state index in [0.717, 1.165) is 3.57 Å². The standard InChI is InChI=1S/C24H17ClIN3O3/c25-18-2-1-3-21(13-18)29-24(31)17(14-27)12-16-4-10-22(11-5-16)32-15-23(30)28-20-8-6-19(26)7-9-20/h1-13H,15H2,(H,28,30)(H,29,31)/b17-12+. The third-order valence-corrected chi connectivity index (χ3v) is 5.09. The lowest BCUT2D eigenvalue weighted by atomic mass is 10.1. The highest BCUT2D eigenvalue weighted by Gasteiger charge is 2.10. The van der Waals surface area contributed by atoms with Crippen LogP contribution in [-0.2, 0) is 9.59 Å². The molecule has 0 fully saturated rings. The van der Waals surface area contributed by atoms with E-state index in [1.54, 1.807) is 48.5 Å². The molecule has 160 valence electrons. The highest BCUT2D eigenvalue weighted by molar-refractivity contribution is 14.1. The molecular weight excluding hydrogens is 541 g/mol. The third-order valence-electron chi connectivity index (χ3n) is 4.14. The van der Waals surface area contributed by atoms with E-state index < -0.39 is 5.91 Å². The van der Waals surface area contributed by atoms with Gasteiger partial charge in [0.1, 0.15) is 17.4 Å². The van der Waals surface area contributed by atoms with Crippen molar-refractivity contribution < 1.29 is 14.3 Å². The van der Waals surface area contributed by atoms with Crippen molar-refractivity contribution in [3.63, 3.8) is 0 Å². The summed E-state index contributed by atoms with van der Waals surface area (Å²) in [6.45, 7) is -0.146. The molecule has 0 heterocycles. The van der Waals surface area contributed by atoms with Crippen molar-refractivity contribution in [3.05, 3.63) is 92.5 Å². The molecule has 0 radical (unpaired) electrons. The first-order valence-electron chi connectivity index (χ1n) is 9.40. The van der Waals surface area contributed by atoms with Crippen molar-refractivity contribution in [3.8, 4) is 11.8 Å². The average molecular weight is 558 g/mol. The molecule has 3 rings (SSSR count). The zero-order valence-electron chi connectivity index (χ0n) is 16.6. The quantitative estimate of drug-likeness (QED) is 0.228. The monoisotopic (exact) mass is 557 g/mol. The Balaban J connectivity index is 1.57. The number of nitriles is 1. The summed E-state index contributed by atoms with van der Waals surface area (Å²) in [5.74, 6) is -0.330. The molecule has 3 aromatic carbocycles. The molecule has 3 aromatic rings. The van der Waals surface area contributed by atoms with E-state index in [2.05, 4.69) is 33.2 Å². The Morgan fingerprint density at radius 1 is 1.00 bits per heavy atom. The van der Waals surface area contributed by atoms with Crippen LogP contribution < -0.4 is 15.4 Å². The van der Waals surface area contributed by atoms with E-state index in [1.807, 2.05) is 30.3 Å². The number of rotatable bonds is 7. The minimum atomic E-state index is -0.539. The largest absolute Gasteiger partial charge is 0.484 e. The van der Waals surface area contributed by atoms with Gasteiger partial charge in [0, 0.05) is 20.0 Å². The smallest absolute Gasteiger partial charge is 0.266 e. The van der Waals surface area contributed by atoms with Crippen LogP contribution in [0.25, 0.3) is 6.08 Å². The van der Waals surface area contributed by atoms with Crippen molar-refractivity contribution in [2.24, 2.45) is 0 Å². The molecule has 0 aliphatic heterocycles. The number of halogens is 2. The summed E-state index contributed by atoms with van der Waals surface area (Å²) in [6, 6.07) is 22.7. The molecule has 0 atom stereocenters. The summed E-state index contributed by atoms with van der Waals surface area (Å²) in [5, 5.41) is 15.2. The predicted molar refractivity (Wildman–Crippen MR) is 133 cm³/mol. The van der Waals surface area contributed by atoms with Gasteiger partial charge >= 0.3 is 0 Å². The fourth-order valence-electron chi connectivity index (χ4n) is 2.62. The van der Waals surface area contributed by atoms with Crippen LogP contribution in [0.2, 0.25) is 5.02 Å². The van der Waals surface area contributed by atoms with Crippen LogP contribution in [0.5, 0.6) is 5.75 Å². The van der Waals surface area contributed by atoms with E-state index in [4.69, 9.17) is 16.3 Å². The van der Waals surface area contributed by atoms with Crippen LogP contribution in [0.4, 0.5) is 11.4 Å². The van der Waals surface area contributed by atoms with Crippen LogP contribution in [0, 0.1) is 14.9 Å². The molecule has 0 aliphatic rings. The second-order valence-corrected chi connectivity index (χ2v) is 8.23.